The number of piperazine rings is 1. The molecular weight excluding hydrogens is 413 g/mol. The van der Waals surface area contributed by atoms with E-state index in [-0.39, 0.29) is 16.8 Å². The average Bonchev–Trinajstić information content (AvgIpc) is 3.16. The van der Waals surface area contributed by atoms with E-state index >= 15 is 0 Å². The van der Waals surface area contributed by atoms with Crippen LogP contribution in [0, 0.1) is 0 Å². The van der Waals surface area contributed by atoms with Crippen LogP contribution >= 0.6 is 23.2 Å². The number of halogens is 2. The highest BCUT2D eigenvalue weighted by Gasteiger charge is 2.26. The molecule has 3 rings (SSSR count). The Bertz CT molecular complexity index is 937. The van der Waals surface area contributed by atoms with Gasteiger partial charge in [0.25, 0.3) is 15.9 Å². The molecule has 1 aliphatic rings. The van der Waals surface area contributed by atoms with Gasteiger partial charge in [0, 0.05) is 32.7 Å². The second-order valence-corrected chi connectivity index (χ2v) is 8.71. The van der Waals surface area contributed by atoms with Gasteiger partial charge in [0.2, 0.25) is 5.09 Å². The first-order valence-corrected chi connectivity index (χ1v) is 10.5. The van der Waals surface area contributed by atoms with E-state index < -0.39 is 10.0 Å². The van der Waals surface area contributed by atoms with Crippen molar-refractivity contribution in [3.63, 3.8) is 0 Å². The van der Waals surface area contributed by atoms with Crippen LogP contribution in [0.5, 0.6) is 0 Å². The normalized spacial score (nSPS) is 15.9. The first-order valence-electron chi connectivity index (χ1n) is 8.29. The number of amides is 1. The van der Waals surface area contributed by atoms with Crippen molar-refractivity contribution in [1.82, 2.24) is 14.5 Å². The number of hydrogen-bond donors (Lipinski definition) is 1. The van der Waals surface area contributed by atoms with E-state index in [0.717, 1.165) is 5.56 Å². The lowest BCUT2D eigenvalue weighted by Gasteiger charge is -2.34. The lowest BCUT2D eigenvalue weighted by Crippen LogP contribution is -2.48. The van der Waals surface area contributed by atoms with Crippen LogP contribution in [-0.2, 0) is 16.6 Å². The van der Waals surface area contributed by atoms with E-state index in [0.29, 0.717) is 42.8 Å². The molecule has 1 fully saturated rings. The van der Waals surface area contributed by atoms with E-state index in [1.807, 2.05) is 12.1 Å². The minimum atomic E-state index is -3.71. The molecule has 0 atom stereocenters. The Hall–Kier alpha value is -1.58. The number of nitrogens with one attached hydrogen (secondary N) is 1. The summed E-state index contributed by atoms with van der Waals surface area (Å²) in [6.45, 7) is 2.98. The molecule has 1 saturated heterocycles. The van der Waals surface area contributed by atoms with Crippen LogP contribution in [0.2, 0.25) is 10.0 Å². The molecule has 2 aromatic rings. The molecule has 1 N–H and O–H groups in total. The van der Waals surface area contributed by atoms with Crippen LogP contribution < -0.4 is 4.72 Å². The Balaban J connectivity index is 1.60. The van der Waals surface area contributed by atoms with Crippen molar-refractivity contribution in [2.24, 2.45) is 0 Å². The fraction of sp³-hybridized carbons (Fsp3) is 0.353. The summed E-state index contributed by atoms with van der Waals surface area (Å²) in [6.07, 6.45) is 0. The first-order chi connectivity index (χ1) is 12.8. The lowest BCUT2D eigenvalue weighted by atomic mass is 10.2. The van der Waals surface area contributed by atoms with Crippen LogP contribution in [0.3, 0.4) is 0 Å². The van der Waals surface area contributed by atoms with E-state index in [4.69, 9.17) is 27.6 Å². The van der Waals surface area contributed by atoms with E-state index in [1.165, 1.54) is 19.2 Å². The molecule has 1 aromatic heterocycles. The third kappa shape index (κ3) is 4.47. The Morgan fingerprint density at radius 3 is 2.52 bits per heavy atom. The number of benzene rings is 1. The van der Waals surface area contributed by atoms with Gasteiger partial charge in [0.15, 0.2) is 5.76 Å². The SMILES string of the molecule is CNS(=O)(=O)c1ccc(C(=O)N2CCN(Cc3cccc(Cl)c3Cl)CC2)o1. The Kier molecular flexibility index (Phi) is 6.12. The molecule has 27 heavy (non-hydrogen) atoms. The molecule has 2 heterocycles. The lowest BCUT2D eigenvalue weighted by molar-refractivity contribution is 0.0592. The molecule has 7 nitrogen and oxygen atoms in total. The second kappa shape index (κ2) is 8.20. The summed E-state index contributed by atoms with van der Waals surface area (Å²) < 4.78 is 30.8. The molecule has 1 aliphatic heterocycles. The van der Waals surface area contributed by atoms with Crippen molar-refractivity contribution in [2.45, 2.75) is 11.6 Å². The van der Waals surface area contributed by atoms with Gasteiger partial charge < -0.3 is 9.32 Å². The molecule has 10 heteroatoms. The van der Waals surface area contributed by atoms with Gasteiger partial charge in [-0.3, -0.25) is 9.69 Å². The molecule has 0 radical (unpaired) electrons. The summed E-state index contributed by atoms with van der Waals surface area (Å²) in [5.74, 6) is -0.317. The van der Waals surface area contributed by atoms with E-state index in [1.54, 1.807) is 11.0 Å². The third-order valence-electron chi connectivity index (χ3n) is 4.41. The second-order valence-electron chi connectivity index (χ2n) is 6.11. The summed E-state index contributed by atoms with van der Waals surface area (Å²) in [5.41, 5.74) is 0.942. The number of furan rings is 1. The predicted octanol–water partition coefficient (Wildman–Crippen LogP) is 2.45. The fourth-order valence-corrected chi connectivity index (χ4v) is 3.88. The van der Waals surface area contributed by atoms with Gasteiger partial charge in [-0.05, 0) is 30.8 Å². The number of sulfonamides is 1. The number of hydrogen-bond acceptors (Lipinski definition) is 5. The van der Waals surface area contributed by atoms with Gasteiger partial charge in [-0.25, -0.2) is 13.1 Å². The van der Waals surface area contributed by atoms with E-state index in [9.17, 15) is 13.2 Å². The Morgan fingerprint density at radius 1 is 1.15 bits per heavy atom. The highest BCUT2D eigenvalue weighted by Crippen LogP contribution is 2.27. The van der Waals surface area contributed by atoms with Crippen molar-refractivity contribution < 1.29 is 17.6 Å². The molecule has 0 bridgehead atoms. The van der Waals surface area contributed by atoms with Crippen LogP contribution in [0.1, 0.15) is 16.1 Å². The molecule has 146 valence electrons. The molecule has 1 aromatic carbocycles. The van der Waals surface area contributed by atoms with Crippen LogP contribution in [0.25, 0.3) is 0 Å². The maximum Gasteiger partial charge on any atom is 0.289 e. The standard InChI is InChI=1S/C17H19Cl2N3O4S/c1-20-27(24,25)15-6-5-14(26-15)17(23)22-9-7-21(8-10-22)11-12-3-2-4-13(18)16(12)19/h2-6,20H,7-11H2,1H3. The summed E-state index contributed by atoms with van der Waals surface area (Å²) in [4.78, 5) is 16.4. The number of carbonyl (C=O) groups excluding carboxylic acids is 1. The minimum absolute atomic E-state index is 0.00941. The highest BCUT2D eigenvalue weighted by atomic mass is 35.5. The van der Waals surface area contributed by atoms with Crippen molar-refractivity contribution in [2.75, 3.05) is 33.2 Å². The molecule has 0 aliphatic carbocycles. The van der Waals surface area contributed by atoms with Crippen LogP contribution in [0.15, 0.2) is 39.8 Å². The summed E-state index contributed by atoms with van der Waals surface area (Å²) >= 11 is 12.3. The monoisotopic (exact) mass is 431 g/mol. The van der Waals surface area contributed by atoms with Crippen LogP contribution in [0.4, 0.5) is 0 Å². The number of carbonyl (C=O) groups is 1. The van der Waals surface area contributed by atoms with Gasteiger partial charge >= 0.3 is 0 Å². The van der Waals surface area contributed by atoms with Crippen LogP contribution in [-0.4, -0.2) is 57.4 Å². The zero-order valence-corrected chi connectivity index (χ0v) is 16.9. The molecule has 0 spiro atoms. The van der Waals surface area contributed by atoms with Crippen molar-refractivity contribution in [3.8, 4) is 0 Å². The average molecular weight is 432 g/mol. The maximum atomic E-state index is 12.6. The summed E-state index contributed by atoms with van der Waals surface area (Å²) in [5, 5.41) is 0.794. The number of rotatable bonds is 5. The van der Waals surface area contributed by atoms with Crippen molar-refractivity contribution in [1.29, 1.82) is 0 Å². The Morgan fingerprint density at radius 2 is 1.85 bits per heavy atom. The molecule has 0 saturated carbocycles. The van der Waals surface area contributed by atoms with Gasteiger partial charge in [-0.15, -0.1) is 0 Å². The van der Waals surface area contributed by atoms with Gasteiger partial charge in [0.05, 0.1) is 10.0 Å². The molecule has 0 unspecified atom stereocenters. The molecular formula is C17H19Cl2N3O4S. The van der Waals surface area contributed by atoms with Gasteiger partial charge in [0.1, 0.15) is 0 Å². The van der Waals surface area contributed by atoms with E-state index in [2.05, 4.69) is 9.62 Å². The quantitative estimate of drug-likeness (QED) is 0.785. The smallest absolute Gasteiger partial charge is 0.289 e. The highest BCUT2D eigenvalue weighted by molar-refractivity contribution is 7.89. The topological polar surface area (TPSA) is 82.9 Å². The predicted molar refractivity (Wildman–Crippen MR) is 103 cm³/mol. The summed E-state index contributed by atoms with van der Waals surface area (Å²) in [7, 11) is -2.43. The Labute approximate surface area is 167 Å². The zero-order chi connectivity index (χ0) is 19.6. The van der Waals surface area contributed by atoms with Gasteiger partial charge in [-0.2, -0.15) is 0 Å². The van der Waals surface area contributed by atoms with Gasteiger partial charge in [-0.1, -0.05) is 35.3 Å². The number of nitrogens with zero attached hydrogens (tertiary/aromatic N) is 2. The maximum absolute atomic E-state index is 12.6. The third-order valence-corrected chi connectivity index (χ3v) is 6.56. The van der Waals surface area contributed by atoms with Crippen molar-refractivity contribution in [3.05, 3.63) is 51.7 Å². The fourth-order valence-electron chi connectivity index (χ4n) is 2.86. The molecule has 1 amide bonds. The zero-order valence-electron chi connectivity index (χ0n) is 14.6. The summed E-state index contributed by atoms with van der Waals surface area (Å²) in [6, 6.07) is 8.19. The largest absolute Gasteiger partial charge is 0.438 e. The minimum Gasteiger partial charge on any atom is -0.438 e. The first kappa shape index (κ1) is 20.2. The van der Waals surface area contributed by atoms with Crippen molar-refractivity contribution >= 4 is 39.1 Å².